The maximum atomic E-state index is 14.7. The Hall–Kier alpha value is -3.76. The second kappa shape index (κ2) is 8.40. The van der Waals surface area contributed by atoms with Gasteiger partial charge in [0, 0.05) is 36.1 Å². The molecule has 0 aliphatic heterocycles. The number of alkyl halides is 3. The van der Waals surface area contributed by atoms with Crippen molar-refractivity contribution in [2.75, 3.05) is 12.4 Å². The highest BCUT2D eigenvalue weighted by molar-refractivity contribution is 5.81. The summed E-state index contributed by atoms with van der Waals surface area (Å²) in [6.07, 6.45) is -0.802. The first-order valence-corrected chi connectivity index (χ1v) is 9.35. The number of nitrogens with one attached hydrogen (secondary N) is 2. The Morgan fingerprint density at radius 1 is 1.12 bits per heavy atom. The summed E-state index contributed by atoms with van der Waals surface area (Å²) in [5.41, 5.74) is -0.0930. The number of aromatic nitrogens is 4. The molecule has 0 spiro atoms. The van der Waals surface area contributed by atoms with E-state index in [0.717, 1.165) is 6.07 Å². The number of rotatable bonds is 6. The summed E-state index contributed by atoms with van der Waals surface area (Å²) in [5, 5.41) is 2.98. The van der Waals surface area contributed by atoms with Gasteiger partial charge in [0.1, 0.15) is 17.4 Å². The third-order valence-corrected chi connectivity index (χ3v) is 4.84. The minimum absolute atomic E-state index is 0.0102. The quantitative estimate of drug-likeness (QED) is 0.322. The highest BCUT2D eigenvalue weighted by Crippen LogP contribution is 2.43. The third kappa shape index (κ3) is 4.18. The Labute approximate surface area is 178 Å². The van der Waals surface area contributed by atoms with Crippen LogP contribution in [0.25, 0.3) is 11.0 Å². The molecule has 1 atom stereocenters. The van der Waals surface area contributed by atoms with Crippen molar-refractivity contribution < 1.29 is 26.7 Å². The molecule has 0 fully saturated rings. The van der Waals surface area contributed by atoms with E-state index in [2.05, 4.69) is 25.3 Å². The van der Waals surface area contributed by atoms with E-state index >= 15 is 0 Å². The van der Waals surface area contributed by atoms with Crippen LogP contribution in [-0.2, 0) is 6.54 Å². The van der Waals surface area contributed by atoms with E-state index in [1.165, 1.54) is 50.0 Å². The molecular weight excluding hydrogens is 433 g/mol. The Morgan fingerprint density at radius 3 is 2.62 bits per heavy atom. The van der Waals surface area contributed by atoms with Crippen LogP contribution in [0.2, 0.25) is 0 Å². The average Bonchev–Trinajstić information content (AvgIpc) is 3.17. The van der Waals surface area contributed by atoms with Crippen LogP contribution in [0.5, 0.6) is 5.88 Å². The smallest absolute Gasteiger partial charge is 0.399 e. The molecule has 2 N–H and O–H groups in total. The summed E-state index contributed by atoms with van der Waals surface area (Å²) >= 11 is 0. The molecule has 0 saturated heterocycles. The van der Waals surface area contributed by atoms with Gasteiger partial charge in [-0.3, -0.25) is 0 Å². The number of hydrogen-bond donors (Lipinski definition) is 2. The largest absolute Gasteiger partial charge is 0.479 e. The van der Waals surface area contributed by atoms with Gasteiger partial charge in [-0.25, -0.2) is 19.3 Å². The fourth-order valence-corrected chi connectivity index (χ4v) is 3.40. The van der Waals surface area contributed by atoms with Crippen molar-refractivity contribution in [2.45, 2.75) is 18.6 Å². The van der Waals surface area contributed by atoms with Gasteiger partial charge in [-0.1, -0.05) is 0 Å². The van der Waals surface area contributed by atoms with Gasteiger partial charge in [-0.15, -0.1) is 0 Å². The van der Waals surface area contributed by atoms with Crippen LogP contribution >= 0.6 is 0 Å². The summed E-state index contributed by atoms with van der Waals surface area (Å²) in [6.45, 7) is 0.0243. The predicted molar refractivity (Wildman–Crippen MR) is 106 cm³/mol. The molecule has 1 unspecified atom stereocenters. The first-order chi connectivity index (χ1) is 15.3. The molecule has 4 rings (SSSR count). The highest BCUT2D eigenvalue weighted by Gasteiger charge is 2.44. The summed E-state index contributed by atoms with van der Waals surface area (Å²) in [7, 11) is 1.28. The normalized spacial score (nSPS) is 12.7. The van der Waals surface area contributed by atoms with E-state index in [-0.39, 0.29) is 34.8 Å². The number of H-pyrrole nitrogens is 1. The zero-order valence-corrected chi connectivity index (χ0v) is 16.5. The van der Waals surface area contributed by atoms with Gasteiger partial charge < -0.3 is 15.0 Å². The topological polar surface area (TPSA) is 75.7 Å². The first-order valence-electron chi connectivity index (χ1n) is 9.35. The SMILES string of the molecule is COc1ncc(CNc2ccc(C(c3c[nH]c4ncccc34)C(F)(F)F)c(F)n2)cc1F. The van der Waals surface area contributed by atoms with Crippen molar-refractivity contribution in [3.8, 4) is 5.88 Å². The maximum absolute atomic E-state index is 14.7. The Bertz CT molecular complexity index is 1260. The molecule has 4 heterocycles. The molecule has 4 aromatic rings. The predicted octanol–water partition coefficient (Wildman–Crippen LogP) is 4.95. The van der Waals surface area contributed by atoms with Gasteiger partial charge in [0.05, 0.1) is 7.11 Å². The maximum Gasteiger partial charge on any atom is 0.399 e. The summed E-state index contributed by atoms with van der Waals surface area (Å²) in [5.74, 6) is -4.36. The lowest BCUT2D eigenvalue weighted by atomic mass is 9.91. The number of halogens is 5. The van der Waals surface area contributed by atoms with Gasteiger partial charge in [0.25, 0.3) is 0 Å². The summed E-state index contributed by atoms with van der Waals surface area (Å²) < 4.78 is 75.1. The molecule has 0 aliphatic rings. The second-order valence-corrected chi connectivity index (χ2v) is 6.88. The molecule has 11 heteroatoms. The van der Waals surface area contributed by atoms with Crippen molar-refractivity contribution >= 4 is 16.9 Å². The van der Waals surface area contributed by atoms with Crippen LogP contribution in [0.15, 0.2) is 48.9 Å². The van der Waals surface area contributed by atoms with Gasteiger partial charge in [0.15, 0.2) is 5.82 Å². The molecule has 0 aromatic carbocycles. The molecule has 166 valence electrons. The van der Waals surface area contributed by atoms with Crippen LogP contribution in [0.3, 0.4) is 0 Å². The molecule has 0 amide bonds. The number of nitrogens with zero attached hydrogens (tertiary/aromatic N) is 3. The van der Waals surface area contributed by atoms with Crippen LogP contribution in [0.4, 0.5) is 27.8 Å². The number of hydrogen-bond acceptors (Lipinski definition) is 5. The fraction of sp³-hybridized carbons (Fsp3) is 0.190. The van der Waals surface area contributed by atoms with E-state index in [1.807, 2.05) is 0 Å². The molecule has 0 bridgehead atoms. The van der Waals surface area contributed by atoms with E-state index in [4.69, 9.17) is 4.74 Å². The molecule has 32 heavy (non-hydrogen) atoms. The molecular formula is C21H16F5N5O. The van der Waals surface area contributed by atoms with Crippen LogP contribution in [-0.4, -0.2) is 33.2 Å². The number of pyridine rings is 3. The van der Waals surface area contributed by atoms with E-state index in [1.54, 1.807) is 0 Å². The van der Waals surface area contributed by atoms with Gasteiger partial charge >= 0.3 is 6.18 Å². The van der Waals surface area contributed by atoms with Crippen molar-refractivity contribution in [1.29, 1.82) is 0 Å². The number of anilines is 1. The molecule has 0 aliphatic carbocycles. The number of aromatic amines is 1. The molecule has 4 aromatic heterocycles. The summed E-state index contributed by atoms with van der Waals surface area (Å²) in [4.78, 5) is 14.1. The molecule has 0 saturated carbocycles. The zero-order valence-electron chi connectivity index (χ0n) is 16.5. The van der Waals surface area contributed by atoms with Crippen molar-refractivity contribution in [3.05, 3.63) is 77.4 Å². The minimum Gasteiger partial charge on any atom is -0.479 e. The lowest BCUT2D eigenvalue weighted by Gasteiger charge is -2.21. The Kier molecular flexibility index (Phi) is 5.64. The fourth-order valence-electron chi connectivity index (χ4n) is 3.40. The van der Waals surface area contributed by atoms with Crippen LogP contribution < -0.4 is 10.1 Å². The number of fused-ring (bicyclic) bond motifs is 1. The van der Waals surface area contributed by atoms with Gasteiger partial charge in [-0.05, 0) is 41.5 Å². The number of methoxy groups -OCH3 is 1. The van der Waals surface area contributed by atoms with Crippen LogP contribution in [0, 0.1) is 11.8 Å². The zero-order chi connectivity index (χ0) is 22.9. The Morgan fingerprint density at radius 2 is 1.94 bits per heavy atom. The van der Waals surface area contributed by atoms with E-state index in [0.29, 0.717) is 5.56 Å². The van der Waals surface area contributed by atoms with Crippen molar-refractivity contribution in [2.24, 2.45) is 0 Å². The third-order valence-electron chi connectivity index (χ3n) is 4.84. The van der Waals surface area contributed by atoms with E-state index < -0.39 is 29.4 Å². The molecule has 6 nitrogen and oxygen atoms in total. The van der Waals surface area contributed by atoms with Crippen molar-refractivity contribution in [1.82, 2.24) is 19.9 Å². The minimum atomic E-state index is -4.77. The second-order valence-electron chi connectivity index (χ2n) is 6.88. The van der Waals surface area contributed by atoms with Crippen molar-refractivity contribution in [3.63, 3.8) is 0 Å². The van der Waals surface area contributed by atoms with Gasteiger partial charge in [-0.2, -0.15) is 17.6 Å². The lowest BCUT2D eigenvalue weighted by Crippen LogP contribution is -2.23. The highest BCUT2D eigenvalue weighted by atomic mass is 19.4. The monoisotopic (exact) mass is 449 g/mol. The Balaban J connectivity index is 1.61. The lowest BCUT2D eigenvalue weighted by molar-refractivity contribution is -0.141. The van der Waals surface area contributed by atoms with Crippen LogP contribution in [0.1, 0.15) is 22.6 Å². The van der Waals surface area contributed by atoms with E-state index in [9.17, 15) is 22.0 Å². The van der Waals surface area contributed by atoms with Gasteiger partial charge in [0.2, 0.25) is 11.8 Å². The standard InChI is InChI=1S/C21H16F5N5O/c1-32-20-15(22)7-11(9-30-20)8-28-16-5-4-13(18(23)31-16)17(21(24,25)26)14-10-29-19-12(14)3-2-6-27-19/h2-7,9-10,17H,8H2,1H3,(H,27,29)(H,28,31). The first kappa shape index (κ1) is 21.5. The number of ether oxygens (including phenoxy) is 1. The summed E-state index contributed by atoms with van der Waals surface area (Å²) in [6, 6.07) is 6.43. The average molecular weight is 449 g/mol. The molecule has 0 radical (unpaired) electrons.